The number of nitrogens with one attached hydrogen (secondary N) is 1. The third-order valence-electron chi connectivity index (χ3n) is 3.09. The molecule has 0 amide bonds. The van der Waals surface area contributed by atoms with E-state index >= 15 is 0 Å². The number of nitrogen functional groups attached to an aromatic ring is 1. The predicted molar refractivity (Wildman–Crippen MR) is 72.6 cm³/mol. The molecular weight excluding hydrogens is 283 g/mol. The average molecular weight is 293 g/mol. The molecule has 1 heterocycles. The number of nitrogens with two attached hydrogens (primary N) is 1. The van der Waals surface area contributed by atoms with Crippen molar-refractivity contribution >= 4 is 16.7 Å². The van der Waals surface area contributed by atoms with Crippen LogP contribution in [0.1, 0.15) is 5.56 Å². The molecule has 0 aliphatic rings. The Morgan fingerprint density at radius 1 is 1.10 bits per heavy atom. The molecule has 0 aliphatic carbocycles. The van der Waals surface area contributed by atoms with Crippen molar-refractivity contribution in [3.63, 3.8) is 0 Å². The molecule has 7 heteroatoms. The Hall–Kier alpha value is -2.70. The number of aromatic nitrogens is 2. The molecule has 0 saturated heterocycles. The van der Waals surface area contributed by atoms with Crippen LogP contribution >= 0.6 is 0 Å². The second-order valence-corrected chi connectivity index (χ2v) is 4.59. The molecule has 0 bridgehead atoms. The van der Waals surface area contributed by atoms with Crippen LogP contribution in [-0.2, 0) is 6.18 Å². The van der Waals surface area contributed by atoms with Crippen molar-refractivity contribution in [3.8, 4) is 17.1 Å². The Balaban J connectivity index is 2.13. The van der Waals surface area contributed by atoms with E-state index in [1.165, 1.54) is 12.1 Å². The normalized spacial score (nSPS) is 12.0. The van der Waals surface area contributed by atoms with Crippen LogP contribution in [0.25, 0.3) is 22.4 Å². The smallest absolute Gasteiger partial charge is 0.416 e. The minimum atomic E-state index is -4.41. The maximum Gasteiger partial charge on any atom is 0.416 e. The average Bonchev–Trinajstić information content (AvgIpc) is 2.79. The minimum absolute atomic E-state index is 0.0925. The van der Waals surface area contributed by atoms with Gasteiger partial charge >= 0.3 is 6.18 Å². The van der Waals surface area contributed by atoms with Crippen molar-refractivity contribution in [1.82, 2.24) is 9.97 Å². The molecule has 0 atom stereocenters. The number of phenolic OH excluding ortho intramolecular Hbond substituents is 1. The predicted octanol–water partition coefficient (Wildman–Crippen LogP) is 3.54. The molecule has 0 spiro atoms. The molecule has 21 heavy (non-hydrogen) atoms. The van der Waals surface area contributed by atoms with Gasteiger partial charge in [-0.15, -0.1) is 0 Å². The number of aromatic amines is 1. The first-order valence-electron chi connectivity index (χ1n) is 6.00. The maximum atomic E-state index is 12.7. The molecule has 0 saturated carbocycles. The zero-order valence-corrected chi connectivity index (χ0v) is 10.6. The fourth-order valence-electron chi connectivity index (χ4n) is 2.06. The quantitative estimate of drug-likeness (QED) is 0.601. The molecule has 1 aromatic heterocycles. The van der Waals surface area contributed by atoms with Gasteiger partial charge in [-0.25, -0.2) is 4.98 Å². The number of benzene rings is 2. The van der Waals surface area contributed by atoms with Crippen molar-refractivity contribution in [2.75, 3.05) is 5.73 Å². The summed E-state index contributed by atoms with van der Waals surface area (Å²) >= 11 is 0. The fraction of sp³-hybridized carbons (Fsp3) is 0.0714. The molecule has 0 radical (unpaired) electrons. The SMILES string of the molecule is Nc1ccc(-c2nc3ccc(C(F)(F)F)cc3[nH]2)c(O)c1. The number of halogens is 3. The van der Waals surface area contributed by atoms with E-state index in [0.717, 1.165) is 12.1 Å². The summed E-state index contributed by atoms with van der Waals surface area (Å²) in [5, 5.41) is 9.83. The zero-order valence-electron chi connectivity index (χ0n) is 10.6. The van der Waals surface area contributed by atoms with E-state index in [-0.39, 0.29) is 17.1 Å². The van der Waals surface area contributed by atoms with E-state index in [9.17, 15) is 18.3 Å². The third kappa shape index (κ3) is 2.37. The van der Waals surface area contributed by atoms with Crippen molar-refractivity contribution in [2.45, 2.75) is 6.18 Å². The highest BCUT2D eigenvalue weighted by Crippen LogP contribution is 2.33. The van der Waals surface area contributed by atoms with Gasteiger partial charge in [0.25, 0.3) is 0 Å². The number of anilines is 1. The summed E-state index contributed by atoms with van der Waals surface area (Å²) in [5.41, 5.74) is 6.16. The highest BCUT2D eigenvalue weighted by atomic mass is 19.4. The van der Waals surface area contributed by atoms with Gasteiger partial charge in [-0.1, -0.05) is 0 Å². The summed E-state index contributed by atoms with van der Waals surface area (Å²) in [7, 11) is 0. The minimum Gasteiger partial charge on any atom is -0.507 e. The fourth-order valence-corrected chi connectivity index (χ4v) is 2.06. The molecule has 3 rings (SSSR count). The third-order valence-corrected chi connectivity index (χ3v) is 3.09. The van der Waals surface area contributed by atoms with Crippen LogP contribution in [0, 0.1) is 0 Å². The summed E-state index contributed by atoms with van der Waals surface area (Å²) in [4.78, 5) is 6.95. The maximum absolute atomic E-state index is 12.7. The number of alkyl halides is 3. The van der Waals surface area contributed by atoms with Gasteiger partial charge in [0.15, 0.2) is 0 Å². The Morgan fingerprint density at radius 2 is 1.86 bits per heavy atom. The van der Waals surface area contributed by atoms with Gasteiger partial charge in [0.05, 0.1) is 22.2 Å². The van der Waals surface area contributed by atoms with Crippen molar-refractivity contribution < 1.29 is 18.3 Å². The van der Waals surface area contributed by atoms with Crippen LogP contribution in [0.3, 0.4) is 0 Å². The number of nitrogens with zero attached hydrogens (tertiary/aromatic N) is 1. The van der Waals surface area contributed by atoms with E-state index in [1.54, 1.807) is 12.1 Å². The van der Waals surface area contributed by atoms with E-state index in [2.05, 4.69) is 9.97 Å². The first-order valence-corrected chi connectivity index (χ1v) is 6.00. The Kier molecular flexibility index (Phi) is 2.79. The largest absolute Gasteiger partial charge is 0.507 e. The topological polar surface area (TPSA) is 74.9 Å². The highest BCUT2D eigenvalue weighted by Gasteiger charge is 2.30. The first kappa shape index (κ1) is 13.3. The van der Waals surface area contributed by atoms with Crippen molar-refractivity contribution in [3.05, 3.63) is 42.0 Å². The van der Waals surface area contributed by atoms with E-state index in [4.69, 9.17) is 5.73 Å². The Bertz CT molecular complexity index is 824. The lowest BCUT2D eigenvalue weighted by molar-refractivity contribution is -0.137. The number of H-pyrrole nitrogens is 1. The van der Waals surface area contributed by atoms with Crippen LogP contribution < -0.4 is 5.73 Å². The molecule has 0 fully saturated rings. The van der Waals surface area contributed by atoms with Gasteiger partial charge in [0.2, 0.25) is 0 Å². The molecule has 108 valence electrons. The van der Waals surface area contributed by atoms with Crippen LogP contribution in [0.5, 0.6) is 5.75 Å². The van der Waals surface area contributed by atoms with Gasteiger partial charge in [-0.2, -0.15) is 13.2 Å². The summed E-state index contributed by atoms with van der Waals surface area (Å²) in [5.74, 6) is 0.187. The Morgan fingerprint density at radius 3 is 2.52 bits per heavy atom. The second kappa shape index (κ2) is 4.41. The molecule has 0 unspecified atom stereocenters. The number of hydrogen-bond donors (Lipinski definition) is 3. The summed E-state index contributed by atoms with van der Waals surface area (Å²) in [6.45, 7) is 0. The zero-order chi connectivity index (χ0) is 15.2. The monoisotopic (exact) mass is 293 g/mol. The summed E-state index contributed by atoms with van der Waals surface area (Å²) in [6.07, 6.45) is -4.41. The number of rotatable bonds is 1. The van der Waals surface area contributed by atoms with Crippen molar-refractivity contribution in [2.24, 2.45) is 0 Å². The van der Waals surface area contributed by atoms with Gasteiger partial charge < -0.3 is 15.8 Å². The molecular formula is C14H10F3N3O. The van der Waals surface area contributed by atoms with E-state index < -0.39 is 11.7 Å². The first-order chi connectivity index (χ1) is 9.84. The number of imidazole rings is 1. The molecule has 0 aliphatic heterocycles. The summed E-state index contributed by atoms with van der Waals surface area (Å²) in [6, 6.07) is 7.71. The van der Waals surface area contributed by atoms with E-state index in [1.807, 2.05) is 0 Å². The molecule has 3 aromatic rings. The second-order valence-electron chi connectivity index (χ2n) is 4.59. The van der Waals surface area contributed by atoms with Gasteiger partial charge in [-0.3, -0.25) is 0 Å². The number of hydrogen-bond acceptors (Lipinski definition) is 3. The lowest BCUT2D eigenvalue weighted by Crippen LogP contribution is -2.04. The van der Waals surface area contributed by atoms with Gasteiger partial charge in [0, 0.05) is 11.8 Å². The van der Waals surface area contributed by atoms with Gasteiger partial charge in [-0.05, 0) is 30.3 Å². The number of fused-ring (bicyclic) bond motifs is 1. The van der Waals surface area contributed by atoms with Crippen LogP contribution in [0.4, 0.5) is 18.9 Å². The lowest BCUT2D eigenvalue weighted by Gasteiger charge is -2.05. The number of phenols is 1. The molecule has 2 aromatic carbocycles. The van der Waals surface area contributed by atoms with Gasteiger partial charge in [0.1, 0.15) is 11.6 Å². The Labute approximate surface area is 117 Å². The molecule has 4 nitrogen and oxygen atoms in total. The van der Waals surface area contributed by atoms with Crippen LogP contribution in [0.15, 0.2) is 36.4 Å². The van der Waals surface area contributed by atoms with Crippen LogP contribution in [-0.4, -0.2) is 15.1 Å². The standard InChI is InChI=1S/C14H10F3N3O/c15-14(16,17)7-1-4-10-11(5-7)20-13(19-10)9-3-2-8(18)6-12(9)21/h1-6,21H,18H2,(H,19,20). The van der Waals surface area contributed by atoms with E-state index in [0.29, 0.717) is 16.8 Å². The summed E-state index contributed by atoms with van der Waals surface area (Å²) < 4.78 is 38.0. The lowest BCUT2D eigenvalue weighted by atomic mass is 10.2. The number of aromatic hydroxyl groups is 1. The van der Waals surface area contributed by atoms with Crippen LogP contribution in [0.2, 0.25) is 0 Å². The van der Waals surface area contributed by atoms with Crippen molar-refractivity contribution in [1.29, 1.82) is 0 Å². The molecule has 4 N–H and O–H groups in total. The highest BCUT2D eigenvalue weighted by molar-refractivity contribution is 5.81.